The van der Waals surface area contributed by atoms with Crippen LogP contribution in [0.15, 0.2) is 0 Å². The maximum Gasteiger partial charge on any atom is 0.127 e. The summed E-state index contributed by atoms with van der Waals surface area (Å²) in [5, 5.41) is 0. The maximum atomic E-state index is 5.05. The third-order valence-corrected chi connectivity index (χ3v) is 1.84. The van der Waals surface area contributed by atoms with Gasteiger partial charge in [0.05, 0.1) is 6.61 Å². The molecule has 0 spiro atoms. The molecule has 0 rings (SSSR count). The molecule has 0 aliphatic rings. The van der Waals surface area contributed by atoms with Gasteiger partial charge >= 0.3 is 0 Å². The van der Waals surface area contributed by atoms with Gasteiger partial charge in [0, 0.05) is 19.5 Å². The second-order valence-electron chi connectivity index (χ2n) is 1.19. The van der Waals surface area contributed by atoms with E-state index in [0.29, 0.717) is 0 Å². The molecule has 0 N–H and O–H groups in total. The van der Waals surface area contributed by atoms with Gasteiger partial charge < -0.3 is 4.74 Å². The number of rotatable bonds is 2. The van der Waals surface area contributed by atoms with Gasteiger partial charge in [-0.05, 0) is 12.7 Å². The van der Waals surface area contributed by atoms with Crippen molar-refractivity contribution in [3.8, 4) is 0 Å². The van der Waals surface area contributed by atoms with Gasteiger partial charge in [0.25, 0.3) is 0 Å². The van der Waals surface area contributed by atoms with E-state index in [1.54, 1.807) is 0 Å². The van der Waals surface area contributed by atoms with Gasteiger partial charge in [-0.15, -0.1) is 12.6 Å². The summed E-state index contributed by atoms with van der Waals surface area (Å²) >= 11 is 5.26. The molecule has 0 saturated carbocycles. The molecular formula is C5H12OS2Zn. The van der Waals surface area contributed by atoms with Gasteiger partial charge in [-0.2, -0.15) is 11.4 Å². The summed E-state index contributed by atoms with van der Waals surface area (Å²) in [5.41, 5.74) is 0. The Bertz CT molecular complexity index is 85.0. The van der Waals surface area contributed by atoms with E-state index in [9.17, 15) is 0 Å². The predicted molar refractivity (Wildman–Crippen MR) is 45.1 cm³/mol. The molecule has 0 heterocycles. The van der Waals surface area contributed by atoms with Gasteiger partial charge in [-0.3, -0.25) is 0 Å². The minimum Gasteiger partial charge on any atom is -0.335 e. The van der Waals surface area contributed by atoms with E-state index in [0.717, 1.165) is 16.7 Å². The van der Waals surface area contributed by atoms with E-state index in [1.165, 1.54) is 11.4 Å². The minimum absolute atomic E-state index is 0. The van der Waals surface area contributed by atoms with E-state index in [1.807, 2.05) is 6.92 Å². The number of hydrogen-bond acceptors (Lipinski definition) is 1. The Labute approximate surface area is 78.7 Å². The molecule has 0 fully saturated rings. The van der Waals surface area contributed by atoms with E-state index in [2.05, 4.69) is 19.6 Å². The first-order valence-corrected chi connectivity index (χ1v) is 4.20. The zero-order valence-corrected chi connectivity index (χ0v) is 10.7. The zero-order valence-electron chi connectivity index (χ0n) is 5.92. The van der Waals surface area contributed by atoms with Crippen LogP contribution in [0.1, 0.15) is 13.8 Å². The standard InChI is InChI=1S/C5H12OS2.Zn/c1-3-6-5(7)8-4-2;/h7-8H,3-4H2,1-2H3;. The fourth-order valence-electron chi connectivity index (χ4n) is 0.310. The summed E-state index contributed by atoms with van der Waals surface area (Å²) in [4.78, 5) is 0. The molecule has 0 aromatic heterocycles. The van der Waals surface area contributed by atoms with Crippen LogP contribution in [0.5, 0.6) is 0 Å². The van der Waals surface area contributed by atoms with Crippen LogP contribution in [0.25, 0.3) is 0 Å². The molecule has 0 aliphatic carbocycles. The van der Waals surface area contributed by atoms with Crippen molar-refractivity contribution in [3.05, 3.63) is 0 Å². The Morgan fingerprint density at radius 1 is 1.56 bits per heavy atom. The Morgan fingerprint density at radius 2 is 2.11 bits per heavy atom. The molecule has 0 aromatic carbocycles. The third-order valence-electron chi connectivity index (χ3n) is 0.567. The Balaban J connectivity index is 0. The summed E-state index contributed by atoms with van der Waals surface area (Å²) in [7, 11) is 0. The van der Waals surface area contributed by atoms with Crippen LogP contribution in [0.2, 0.25) is 0 Å². The van der Waals surface area contributed by atoms with Crippen LogP contribution >= 0.6 is 24.0 Å². The van der Waals surface area contributed by atoms with Gasteiger partial charge in [-0.1, -0.05) is 6.92 Å². The minimum atomic E-state index is 0. The second-order valence-corrected chi connectivity index (χ2v) is 3.30. The topological polar surface area (TPSA) is 9.23 Å². The first-order valence-electron chi connectivity index (χ1n) is 2.67. The van der Waals surface area contributed by atoms with Crippen molar-refractivity contribution < 1.29 is 24.2 Å². The first-order chi connectivity index (χ1) is 3.81. The van der Waals surface area contributed by atoms with Crippen molar-refractivity contribution in [1.29, 1.82) is 0 Å². The predicted octanol–water partition coefficient (Wildman–Crippen LogP) is 1.52. The molecule has 1 nitrogen and oxygen atoms in total. The molecule has 0 aliphatic heterocycles. The van der Waals surface area contributed by atoms with Crippen molar-refractivity contribution in [3.63, 3.8) is 0 Å². The molecule has 0 radical (unpaired) electrons. The molecule has 9 heavy (non-hydrogen) atoms. The number of thiol groups is 2. The van der Waals surface area contributed by atoms with E-state index in [4.69, 9.17) is 4.74 Å². The van der Waals surface area contributed by atoms with Gasteiger partial charge in [0.1, 0.15) is 4.38 Å². The van der Waals surface area contributed by atoms with Crippen LogP contribution in [0, 0.1) is 0 Å². The Morgan fingerprint density at radius 3 is 2.44 bits per heavy atom. The monoisotopic (exact) mass is 216 g/mol. The SMILES string of the molecule is CCOC(S)=[SH]CC.[Zn]. The van der Waals surface area contributed by atoms with Gasteiger partial charge in [-0.25, -0.2) is 0 Å². The van der Waals surface area contributed by atoms with Crippen molar-refractivity contribution in [2.45, 2.75) is 13.8 Å². The number of ether oxygens (including phenoxy) is 1. The normalized spacial score (nSPS) is 11.7. The molecule has 0 aromatic rings. The van der Waals surface area contributed by atoms with Crippen LogP contribution in [0.3, 0.4) is 0 Å². The quantitative estimate of drug-likeness (QED) is 0.405. The average molecular weight is 218 g/mol. The fraction of sp³-hybridized carbons (Fsp3) is 0.800. The smallest absolute Gasteiger partial charge is 0.127 e. The summed E-state index contributed by atoms with van der Waals surface area (Å²) < 4.78 is 5.88. The second kappa shape index (κ2) is 9.15. The molecule has 0 amide bonds. The largest absolute Gasteiger partial charge is 0.335 e. The molecule has 0 saturated heterocycles. The van der Waals surface area contributed by atoms with Gasteiger partial charge in [0.2, 0.25) is 0 Å². The summed E-state index contributed by atoms with van der Waals surface area (Å²) in [6, 6.07) is 0. The summed E-state index contributed by atoms with van der Waals surface area (Å²) in [6.07, 6.45) is 0. The van der Waals surface area contributed by atoms with Crippen LogP contribution in [0.4, 0.5) is 0 Å². The van der Waals surface area contributed by atoms with Crippen LogP contribution in [-0.4, -0.2) is 16.7 Å². The molecular weight excluding hydrogens is 206 g/mol. The Kier molecular flexibility index (Phi) is 13.0. The Hall–Kier alpha value is 1.15. The maximum absolute atomic E-state index is 5.05. The summed E-state index contributed by atoms with van der Waals surface area (Å²) in [5.74, 6) is 1.08. The molecule has 0 unspecified atom stereocenters. The number of hydrogen-bond donors (Lipinski definition) is 2. The van der Waals surface area contributed by atoms with Crippen molar-refractivity contribution in [2.24, 2.45) is 0 Å². The zero-order chi connectivity index (χ0) is 6.41. The fourth-order valence-corrected chi connectivity index (χ4v) is 1.35. The third kappa shape index (κ3) is 9.15. The summed E-state index contributed by atoms with van der Waals surface area (Å²) in [6.45, 7) is 4.78. The van der Waals surface area contributed by atoms with Crippen molar-refractivity contribution >= 4 is 28.4 Å². The van der Waals surface area contributed by atoms with Gasteiger partial charge in [0.15, 0.2) is 0 Å². The average Bonchev–Trinajstić information content (AvgIpc) is 1.68. The van der Waals surface area contributed by atoms with Crippen molar-refractivity contribution in [1.82, 2.24) is 0 Å². The molecule has 4 heteroatoms. The van der Waals surface area contributed by atoms with E-state index in [-0.39, 0.29) is 19.5 Å². The van der Waals surface area contributed by atoms with Crippen molar-refractivity contribution in [2.75, 3.05) is 12.4 Å². The molecule has 0 bridgehead atoms. The van der Waals surface area contributed by atoms with E-state index < -0.39 is 0 Å². The van der Waals surface area contributed by atoms with E-state index >= 15 is 0 Å². The molecule has 0 atom stereocenters. The molecule has 52 valence electrons. The van der Waals surface area contributed by atoms with Crippen LogP contribution in [-0.2, 0) is 24.2 Å². The first kappa shape index (κ1) is 12.8. The van der Waals surface area contributed by atoms with Crippen LogP contribution < -0.4 is 0 Å².